The molecule has 0 bridgehead atoms. The summed E-state index contributed by atoms with van der Waals surface area (Å²) in [5.41, 5.74) is 0.685. The summed E-state index contributed by atoms with van der Waals surface area (Å²) in [6.07, 6.45) is 5.98. The molecule has 3 rings (SSSR count). The predicted molar refractivity (Wildman–Crippen MR) is 67.5 cm³/mol. The van der Waals surface area contributed by atoms with Crippen LogP contribution in [0.4, 0.5) is 5.82 Å². The van der Waals surface area contributed by atoms with Gasteiger partial charge in [-0.3, -0.25) is 4.98 Å². The number of anilines is 1. The third-order valence-corrected chi connectivity index (χ3v) is 3.40. The average Bonchev–Trinajstić information content (AvgIpc) is 3.06. The van der Waals surface area contributed by atoms with Crippen LogP contribution in [0.3, 0.4) is 0 Å². The molecule has 2 aromatic heterocycles. The van der Waals surface area contributed by atoms with Crippen LogP contribution in [0.1, 0.15) is 19.8 Å². The number of fused-ring (bicyclic) bond motifs is 1. The van der Waals surface area contributed by atoms with Crippen molar-refractivity contribution in [1.29, 1.82) is 0 Å². The molecule has 1 atom stereocenters. The summed E-state index contributed by atoms with van der Waals surface area (Å²) in [5.74, 6) is 0.953. The first-order valence-electron chi connectivity index (χ1n) is 6.39. The molecule has 1 aliphatic heterocycles. The summed E-state index contributed by atoms with van der Waals surface area (Å²) in [6, 6.07) is 0.552. The first-order valence-corrected chi connectivity index (χ1v) is 6.39. The van der Waals surface area contributed by atoms with E-state index in [0.29, 0.717) is 11.7 Å². The number of hydrogen-bond donors (Lipinski definition) is 1. The number of likely N-dealkylation sites (N-methyl/N-ethyl adjacent to an activating group) is 1. The van der Waals surface area contributed by atoms with Crippen molar-refractivity contribution >= 4 is 11.5 Å². The van der Waals surface area contributed by atoms with E-state index in [9.17, 15) is 0 Å². The summed E-state index contributed by atoms with van der Waals surface area (Å²) < 4.78 is 1.74. The summed E-state index contributed by atoms with van der Waals surface area (Å²) in [6.45, 7) is 5.14. The Balaban J connectivity index is 1.87. The summed E-state index contributed by atoms with van der Waals surface area (Å²) in [7, 11) is 0. The van der Waals surface area contributed by atoms with Gasteiger partial charge in [0.1, 0.15) is 0 Å². The van der Waals surface area contributed by atoms with E-state index in [1.54, 1.807) is 10.7 Å². The maximum absolute atomic E-state index is 4.20. The quantitative estimate of drug-likeness (QED) is 0.826. The fourth-order valence-corrected chi connectivity index (χ4v) is 2.44. The molecule has 0 amide bonds. The molecule has 0 spiro atoms. The molecule has 18 heavy (non-hydrogen) atoms. The molecular formula is C11H17N7. The Morgan fingerprint density at radius 1 is 1.50 bits per heavy atom. The van der Waals surface area contributed by atoms with Gasteiger partial charge in [0.15, 0.2) is 11.5 Å². The van der Waals surface area contributed by atoms with Crippen molar-refractivity contribution in [2.75, 3.05) is 24.5 Å². The molecule has 1 saturated heterocycles. The molecule has 1 fully saturated rings. The zero-order valence-electron chi connectivity index (χ0n) is 10.5. The topological polar surface area (TPSA) is 71.2 Å². The van der Waals surface area contributed by atoms with Crippen molar-refractivity contribution in [2.45, 2.75) is 25.8 Å². The van der Waals surface area contributed by atoms with E-state index >= 15 is 0 Å². The average molecular weight is 247 g/mol. The van der Waals surface area contributed by atoms with Gasteiger partial charge in [-0.2, -0.15) is 4.52 Å². The zero-order valence-corrected chi connectivity index (χ0v) is 10.5. The zero-order chi connectivity index (χ0) is 12.4. The van der Waals surface area contributed by atoms with Gasteiger partial charge in [0.25, 0.3) is 0 Å². The lowest BCUT2D eigenvalue weighted by Crippen LogP contribution is -2.38. The van der Waals surface area contributed by atoms with Crippen LogP contribution in [-0.2, 0) is 0 Å². The van der Waals surface area contributed by atoms with Gasteiger partial charge in [-0.05, 0) is 36.7 Å². The van der Waals surface area contributed by atoms with Crippen LogP contribution in [-0.4, -0.2) is 50.7 Å². The molecule has 0 aliphatic carbocycles. The van der Waals surface area contributed by atoms with Gasteiger partial charge in [-0.1, -0.05) is 0 Å². The van der Waals surface area contributed by atoms with Crippen LogP contribution in [0, 0.1) is 0 Å². The molecule has 7 heteroatoms. The maximum atomic E-state index is 4.20. The van der Waals surface area contributed by atoms with E-state index in [1.807, 2.05) is 6.20 Å². The van der Waals surface area contributed by atoms with Crippen molar-refractivity contribution in [1.82, 2.24) is 30.3 Å². The van der Waals surface area contributed by atoms with Gasteiger partial charge in [0, 0.05) is 19.1 Å². The first-order chi connectivity index (χ1) is 8.88. The lowest BCUT2D eigenvalue weighted by atomic mass is 10.2. The monoisotopic (exact) mass is 247 g/mol. The van der Waals surface area contributed by atoms with Crippen molar-refractivity contribution in [3.05, 3.63) is 12.4 Å². The molecule has 0 aromatic carbocycles. The van der Waals surface area contributed by atoms with E-state index < -0.39 is 0 Å². The Kier molecular flexibility index (Phi) is 3.06. The largest absolute Gasteiger partial charge is 0.354 e. The molecule has 1 unspecified atom stereocenters. The minimum Gasteiger partial charge on any atom is -0.354 e. The molecular weight excluding hydrogens is 230 g/mol. The first kappa shape index (κ1) is 11.3. The van der Waals surface area contributed by atoms with Crippen LogP contribution in [0.15, 0.2) is 12.4 Å². The van der Waals surface area contributed by atoms with Gasteiger partial charge in [0.2, 0.25) is 0 Å². The molecule has 2 aromatic rings. The van der Waals surface area contributed by atoms with Gasteiger partial charge < -0.3 is 10.2 Å². The highest BCUT2D eigenvalue weighted by molar-refractivity contribution is 5.46. The van der Waals surface area contributed by atoms with Gasteiger partial charge in [-0.25, -0.2) is 0 Å². The second kappa shape index (κ2) is 4.85. The maximum Gasteiger partial charge on any atom is 0.199 e. The number of nitrogens with zero attached hydrogens (tertiary/aromatic N) is 6. The highest BCUT2D eigenvalue weighted by Crippen LogP contribution is 2.15. The lowest BCUT2D eigenvalue weighted by Gasteiger charge is -2.25. The minimum atomic E-state index is 0.552. The second-order valence-corrected chi connectivity index (χ2v) is 4.55. The number of rotatable bonds is 4. The Morgan fingerprint density at radius 2 is 2.44 bits per heavy atom. The predicted octanol–water partition coefficient (Wildman–Crippen LogP) is 0.0976. The van der Waals surface area contributed by atoms with Crippen LogP contribution in [0.25, 0.3) is 5.65 Å². The Labute approximate surface area is 105 Å². The van der Waals surface area contributed by atoms with Crippen LogP contribution in [0.2, 0.25) is 0 Å². The van der Waals surface area contributed by atoms with E-state index in [2.05, 4.69) is 37.6 Å². The SMILES string of the molecule is CCN(CC1CCCN1)c1cncc2nnnn12. The fourth-order valence-electron chi connectivity index (χ4n) is 2.44. The molecule has 1 aliphatic rings. The smallest absolute Gasteiger partial charge is 0.199 e. The minimum absolute atomic E-state index is 0.552. The van der Waals surface area contributed by atoms with E-state index in [4.69, 9.17) is 0 Å². The van der Waals surface area contributed by atoms with Gasteiger partial charge in [0.05, 0.1) is 12.4 Å². The van der Waals surface area contributed by atoms with Gasteiger partial charge >= 0.3 is 0 Å². The van der Waals surface area contributed by atoms with Crippen LogP contribution >= 0.6 is 0 Å². The molecule has 1 N–H and O–H groups in total. The highest BCUT2D eigenvalue weighted by Gasteiger charge is 2.19. The number of aromatic nitrogens is 5. The number of tetrazole rings is 1. The standard InChI is InChI=1S/C11H17N7/c1-2-17(8-9-4-3-5-13-9)11-7-12-6-10-14-15-16-18(10)11/h6-7,9,13H,2-5,8H2,1H3. The molecule has 3 heterocycles. The summed E-state index contributed by atoms with van der Waals surface area (Å²) in [5, 5.41) is 15.1. The van der Waals surface area contributed by atoms with Crippen molar-refractivity contribution in [2.24, 2.45) is 0 Å². The molecule has 7 nitrogen and oxygen atoms in total. The molecule has 96 valence electrons. The lowest BCUT2D eigenvalue weighted by molar-refractivity contribution is 0.579. The van der Waals surface area contributed by atoms with E-state index in [-0.39, 0.29) is 0 Å². The van der Waals surface area contributed by atoms with Crippen molar-refractivity contribution in [3.8, 4) is 0 Å². The van der Waals surface area contributed by atoms with Crippen LogP contribution < -0.4 is 10.2 Å². The Hall–Kier alpha value is -1.76. The van der Waals surface area contributed by atoms with Crippen molar-refractivity contribution in [3.63, 3.8) is 0 Å². The normalized spacial score (nSPS) is 19.5. The van der Waals surface area contributed by atoms with E-state index in [0.717, 1.165) is 25.5 Å². The Bertz CT molecular complexity index is 517. The number of nitrogens with one attached hydrogen (secondary N) is 1. The third-order valence-electron chi connectivity index (χ3n) is 3.40. The fraction of sp³-hybridized carbons (Fsp3) is 0.636. The van der Waals surface area contributed by atoms with Crippen molar-refractivity contribution < 1.29 is 0 Å². The van der Waals surface area contributed by atoms with Gasteiger partial charge in [-0.15, -0.1) is 5.10 Å². The highest BCUT2D eigenvalue weighted by atomic mass is 15.5. The number of hydrogen-bond acceptors (Lipinski definition) is 6. The molecule has 0 saturated carbocycles. The molecule has 0 radical (unpaired) electrons. The second-order valence-electron chi connectivity index (χ2n) is 4.55. The summed E-state index contributed by atoms with van der Waals surface area (Å²) in [4.78, 5) is 6.47. The van der Waals surface area contributed by atoms with E-state index in [1.165, 1.54) is 12.8 Å². The summed E-state index contributed by atoms with van der Waals surface area (Å²) >= 11 is 0. The Morgan fingerprint density at radius 3 is 3.22 bits per heavy atom. The third kappa shape index (κ3) is 2.01. The van der Waals surface area contributed by atoms with Crippen LogP contribution in [0.5, 0.6) is 0 Å².